The van der Waals surface area contributed by atoms with E-state index in [0.717, 1.165) is 17.6 Å². The summed E-state index contributed by atoms with van der Waals surface area (Å²) in [5.41, 5.74) is 6.57. The van der Waals surface area contributed by atoms with Gasteiger partial charge in [-0.2, -0.15) is 0 Å². The number of hydrogen-bond acceptors (Lipinski definition) is 3. The Balaban J connectivity index is 1.91. The van der Waals surface area contributed by atoms with Crippen LogP contribution in [0.2, 0.25) is 5.02 Å². The SMILES string of the molecule is CC1CN(CC(=O)Nc2ccc(Br)cc2Cl)CC1N. The van der Waals surface area contributed by atoms with Crippen LogP contribution in [0, 0.1) is 5.92 Å². The first-order valence-electron chi connectivity index (χ1n) is 6.18. The van der Waals surface area contributed by atoms with Crippen molar-refractivity contribution in [2.75, 3.05) is 25.0 Å². The van der Waals surface area contributed by atoms with Crippen LogP contribution in [-0.4, -0.2) is 36.5 Å². The van der Waals surface area contributed by atoms with Crippen LogP contribution in [-0.2, 0) is 4.79 Å². The number of benzene rings is 1. The Labute approximate surface area is 126 Å². The van der Waals surface area contributed by atoms with E-state index in [0.29, 0.717) is 23.2 Å². The molecule has 2 rings (SSSR count). The topological polar surface area (TPSA) is 58.4 Å². The highest BCUT2D eigenvalue weighted by atomic mass is 79.9. The minimum atomic E-state index is -0.0643. The van der Waals surface area contributed by atoms with Crippen molar-refractivity contribution < 1.29 is 4.79 Å². The molecule has 4 nitrogen and oxygen atoms in total. The summed E-state index contributed by atoms with van der Waals surface area (Å²) in [6.07, 6.45) is 0. The zero-order chi connectivity index (χ0) is 14.0. The second kappa shape index (κ2) is 6.22. The van der Waals surface area contributed by atoms with Gasteiger partial charge in [0.1, 0.15) is 0 Å². The number of nitrogens with two attached hydrogens (primary N) is 1. The quantitative estimate of drug-likeness (QED) is 0.883. The van der Waals surface area contributed by atoms with Crippen molar-refractivity contribution in [1.29, 1.82) is 0 Å². The molecule has 0 aliphatic carbocycles. The van der Waals surface area contributed by atoms with Gasteiger partial charge in [-0.05, 0) is 24.1 Å². The number of rotatable bonds is 3. The smallest absolute Gasteiger partial charge is 0.238 e. The zero-order valence-electron chi connectivity index (χ0n) is 10.7. The second-order valence-corrected chi connectivity index (χ2v) is 6.33. The van der Waals surface area contributed by atoms with Crippen molar-refractivity contribution in [1.82, 2.24) is 4.90 Å². The molecular formula is C13H17BrClN3O. The van der Waals surface area contributed by atoms with Gasteiger partial charge in [0.25, 0.3) is 0 Å². The maximum Gasteiger partial charge on any atom is 0.238 e. The van der Waals surface area contributed by atoms with Crippen LogP contribution >= 0.6 is 27.5 Å². The lowest BCUT2D eigenvalue weighted by atomic mass is 10.1. The van der Waals surface area contributed by atoms with Crippen LogP contribution in [0.3, 0.4) is 0 Å². The molecule has 0 bridgehead atoms. The molecule has 3 N–H and O–H groups in total. The number of amides is 1. The Morgan fingerprint density at radius 1 is 1.58 bits per heavy atom. The van der Waals surface area contributed by atoms with E-state index in [1.807, 2.05) is 6.07 Å². The molecule has 1 aliphatic rings. The summed E-state index contributed by atoms with van der Waals surface area (Å²) in [7, 11) is 0. The Hall–Kier alpha value is -0.620. The molecule has 1 aliphatic heterocycles. The Bertz CT molecular complexity index is 473. The first kappa shape index (κ1) is 14.8. The molecule has 104 valence electrons. The van der Waals surface area contributed by atoms with Gasteiger partial charge in [0.05, 0.1) is 17.3 Å². The maximum atomic E-state index is 12.0. The van der Waals surface area contributed by atoms with Crippen LogP contribution in [0.1, 0.15) is 6.92 Å². The predicted octanol–water partition coefficient (Wildman–Crippen LogP) is 2.32. The summed E-state index contributed by atoms with van der Waals surface area (Å²) in [6.45, 7) is 4.09. The predicted molar refractivity (Wildman–Crippen MR) is 81.4 cm³/mol. The van der Waals surface area contributed by atoms with Gasteiger partial charge in [0, 0.05) is 23.6 Å². The van der Waals surface area contributed by atoms with Crippen molar-refractivity contribution in [3.05, 3.63) is 27.7 Å². The maximum absolute atomic E-state index is 12.0. The number of carbonyl (C=O) groups excluding carboxylic acids is 1. The molecule has 1 saturated heterocycles. The Morgan fingerprint density at radius 3 is 2.89 bits per heavy atom. The highest BCUT2D eigenvalue weighted by Gasteiger charge is 2.27. The van der Waals surface area contributed by atoms with E-state index >= 15 is 0 Å². The molecule has 1 fully saturated rings. The van der Waals surface area contributed by atoms with Crippen LogP contribution < -0.4 is 11.1 Å². The number of carbonyl (C=O) groups is 1. The minimum absolute atomic E-state index is 0.0643. The third kappa shape index (κ3) is 3.92. The minimum Gasteiger partial charge on any atom is -0.326 e. The van der Waals surface area contributed by atoms with E-state index in [4.69, 9.17) is 17.3 Å². The molecule has 1 aromatic carbocycles. The van der Waals surface area contributed by atoms with Crippen molar-refractivity contribution >= 4 is 39.1 Å². The van der Waals surface area contributed by atoms with Crippen LogP contribution in [0.4, 0.5) is 5.69 Å². The van der Waals surface area contributed by atoms with Crippen LogP contribution in [0.5, 0.6) is 0 Å². The lowest BCUT2D eigenvalue weighted by molar-refractivity contribution is -0.117. The Morgan fingerprint density at radius 2 is 2.32 bits per heavy atom. The molecule has 0 radical (unpaired) electrons. The molecule has 0 saturated carbocycles. The molecule has 19 heavy (non-hydrogen) atoms. The van der Waals surface area contributed by atoms with E-state index in [-0.39, 0.29) is 11.9 Å². The highest BCUT2D eigenvalue weighted by Crippen LogP contribution is 2.25. The number of halogens is 2. The highest BCUT2D eigenvalue weighted by molar-refractivity contribution is 9.10. The summed E-state index contributed by atoms with van der Waals surface area (Å²) < 4.78 is 0.884. The normalized spacial score (nSPS) is 23.6. The fourth-order valence-electron chi connectivity index (χ4n) is 2.21. The first-order valence-corrected chi connectivity index (χ1v) is 7.35. The number of nitrogens with zero attached hydrogens (tertiary/aromatic N) is 1. The van der Waals surface area contributed by atoms with Gasteiger partial charge in [-0.3, -0.25) is 9.69 Å². The molecule has 0 aromatic heterocycles. The van der Waals surface area contributed by atoms with Gasteiger partial charge in [0.2, 0.25) is 5.91 Å². The number of nitrogens with one attached hydrogen (secondary N) is 1. The molecule has 1 heterocycles. The van der Waals surface area contributed by atoms with Gasteiger partial charge in [-0.15, -0.1) is 0 Å². The molecule has 2 atom stereocenters. The second-order valence-electron chi connectivity index (χ2n) is 5.01. The largest absolute Gasteiger partial charge is 0.326 e. The third-order valence-electron chi connectivity index (χ3n) is 3.32. The lowest BCUT2D eigenvalue weighted by Crippen LogP contribution is -2.33. The fourth-order valence-corrected chi connectivity index (χ4v) is 2.93. The van der Waals surface area contributed by atoms with Gasteiger partial charge >= 0.3 is 0 Å². The molecular weight excluding hydrogens is 330 g/mol. The van der Waals surface area contributed by atoms with E-state index in [1.54, 1.807) is 12.1 Å². The van der Waals surface area contributed by atoms with E-state index < -0.39 is 0 Å². The summed E-state index contributed by atoms with van der Waals surface area (Å²) in [4.78, 5) is 14.0. The van der Waals surface area contributed by atoms with E-state index in [2.05, 4.69) is 33.1 Å². The average molecular weight is 347 g/mol. The van der Waals surface area contributed by atoms with Crippen molar-refractivity contribution in [2.24, 2.45) is 11.7 Å². The number of likely N-dealkylation sites (tertiary alicyclic amines) is 1. The Kier molecular flexibility index (Phi) is 4.84. The molecule has 6 heteroatoms. The van der Waals surface area contributed by atoms with Crippen LogP contribution in [0.25, 0.3) is 0 Å². The summed E-state index contributed by atoms with van der Waals surface area (Å²) in [5.74, 6) is 0.370. The van der Waals surface area contributed by atoms with Gasteiger partial charge in [0.15, 0.2) is 0 Å². The van der Waals surface area contributed by atoms with E-state index in [9.17, 15) is 4.79 Å². The monoisotopic (exact) mass is 345 g/mol. The summed E-state index contributed by atoms with van der Waals surface area (Å²) in [6, 6.07) is 5.53. The summed E-state index contributed by atoms with van der Waals surface area (Å²) in [5, 5.41) is 3.34. The number of anilines is 1. The van der Waals surface area contributed by atoms with Crippen LogP contribution in [0.15, 0.2) is 22.7 Å². The van der Waals surface area contributed by atoms with Gasteiger partial charge in [-0.1, -0.05) is 34.5 Å². The van der Waals surface area contributed by atoms with E-state index in [1.165, 1.54) is 0 Å². The molecule has 1 aromatic rings. The number of hydrogen-bond donors (Lipinski definition) is 2. The first-order chi connectivity index (χ1) is 8.95. The van der Waals surface area contributed by atoms with Gasteiger partial charge < -0.3 is 11.1 Å². The zero-order valence-corrected chi connectivity index (χ0v) is 13.0. The molecule has 2 unspecified atom stereocenters. The van der Waals surface area contributed by atoms with Crippen molar-refractivity contribution in [2.45, 2.75) is 13.0 Å². The fraction of sp³-hybridized carbons (Fsp3) is 0.462. The summed E-state index contributed by atoms with van der Waals surface area (Å²) >= 11 is 9.39. The lowest BCUT2D eigenvalue weighted by Gasteiger charge is -2.15. The third-order valence-corrected chi connectivity index (χ3v) is 4.12. The van der Waals surface area contributed by atoms with Gasteiger partial charge in [-0.25, -0.2) is 0 Å². The van der Waals surface area contributed by atoms with Crippen molar-refractivity contribution in [3.8, 4) is 0 Å². The standard InChI is InChI=1S/C13H17BrClN3O/c1-8-5-18(6-11(8)16)7-13(19)17-12-3-2-9(14)4-10(12)15/h2-4,8,11H,5-7,16H2,1H3,(H,17,19). The van der Waals surface area contributed by atoms with Crippen molar-refractivity contribution in [3.63, 3.8) is 0 Å². The molecule has 0 spiro atoms. The average Bonchev–Trinajstić information content (AvgIpc) is 2.62. The molecule has 1 amide bonds.